The lowest BCUT2D eigenvalue weighted by molar-refractivity contribution is 0.436. The second-order valence-corrected chi connectivity index (χ2v) is 4.20. The standard InChI is InChI=1S/C8H8Br2FN/c9-5-1-2-7(10)6(3-5)8(12)4-11/h1-3,8H,4,12H2/t8-/m1/s1. The topological polar surface area (TPSA) is 26.0 Å². The van der Waals surface area contributed by atoms with Gasteiger partial charge >= 0.3 is 0 Å². The average molecular weight is 297 g/mol. The molecule has 0 aliphatic heterocycles. The van der Waals surface area contributed by atoms with Gasteiger partial charge in [-0.15, -0.1) is 0 Å². The molecular weight excluding hydrogens is 289 g/mol. The quantitative estimate of drug-likeness (QED) is 0.891. The Morgan fingerprint density at radius 1 is 1.42 bits per heavy atom. The van der Waals surface area contributed by atoms with Crippen LogP contribution in [-0.2, 0) is 0 Å². The van der Waals surface area contributed by atoms with E-state index < -0.39 is 12.7 Å². The molecule has 1 atom stereocenters. The Bertz CT molecular complexity index is 278. The predicted octanol–water partition coefficient (Wildman–Crippen LogP) is 3.18. The highest BCUT2D eigenvalue weighted by Crippen LogP contribution is 2.25. The number of nitrogens with two attached hydrogens (primary N) is 1. The fourth-order valence-electron chi connectivity index (χ4n) is 0.882. The van der Waals surface area contributed by atoms with E-state index in [4.69, 9.17) is 5.73 Å². The van der Waals surface area contributed by atoms with Gasteiger partial charge in [0.25, 0.3) is 0 Å². The fraction of sp³-hybridized carbons (Fsp3) is 0.250. The van der Waals surface area contributed by atoms with Gasteiger partial charge in [0.2, 0.25) is 0 Å². The van der Waals surface area contributed by atoms with Crippen LogP contribution in [0.5, 0.6) is 0 Å². The van der Waals surface area contributed by atoms with Crippen LogP contribution in [0.25, 0.3) is 0 Å². The van der Waals surface area contributed by atoms with E-state index in [0.29, 0.717) is 0 Å². The third-order valence-corrected chi connectivity index (χ3v) is 2.74. The summed E-state index contributed by atoms with van der Waals surface area (Å²) in [6.45, 7) is -0.547. The number of alkyl halides is 1. The van der Waals surface area contributed by atoms with Gasteiger partial charge in [0, 0.05) is 8.95 Å². The molecule has 0 amide bonds. The first-order valence-electron chi connectivity index (χ1n) is 3.41. The van der Waals surface area contributed by atoms with E-state index in [0.717, 1.165) is 14.5 Å². The van der Waals surface area contributed by atoms with Gasteiger partial charge < -0.3 is 5.73 Å². The van der Waals surface area contributed by atoms with Crippen molar-refractivity contribution < 1.29 is 4.39 Å². The summed E-state index contributed by atoms with van der Waals surface area (Å²) in [5, 5.41) is 0. The van der Waals surface area contributed by atoms with Crippen LogP contribution < -0.4 is 5.73 Å². The lowest BCUT2D eigenvalue weighted by atomic mass is 10.1. The largest absolute Gasteiger partial charge is 0.322 e. The summed E-state index contributed by atoms with van der Waals surface area (Å²) in [6, 6.07) is 4.99. The first-order valence-corrected chi connectivity index (χ1v) is 5.00. The molecule has 0 aliphatic rings. The molecule has 0 fully saturated rings. The first kappa shape index (κ1) is 10.2. The maximum atomic E-state index is 12.2. The molecule has 0 heterocycles. The van der Waals surface area contributed by atoms with E-state index in [1.54, 1.807) is 0 Å². The van der Waals surface area contributed by atoms with Crippen molar-refractivity contribution in [1.29, 1.82) is 0 Å². The highest BCUT2D eigenvalue weighted by molar-refractivity contribution is 9.11. The Morgan fingerprint density at radius 3 is 2.67 bits per heavy atom. The molecule has 1 rings (SSSR count). The summed E-state index contributed by atoms with van der Waals surface area (Å²) in [6.07, 6.45) is 0. The Balaban J connectivity index is 3.04. The van der Waals surface area contributed by atoms with Gasteiger partial charge in [0.1, 0.15) is 6.67 Å². The lowest BCUT2D eigenvalue weighted by Gasteiger charge is -2.09. The molecule has 1 aromatic carbocycles. The van der Waals surface area contributed by atoms with E-state index in [2.05, 4.69) is 31.9 Å². The lowest BCUT2D eigenvalue weighted by Crippen LogP contribution is -2.12. The SMILES string of the molecule is N[C@H](CF)c1cc(Br)ccc1Br. The minimum atomic E-state index is -0.547. The predicted molar refractivity (Wildman–Crippen MR) is 54.7 cm³/mol. The van der Waals surface area contributed by atoms with Gasteiger partial charge in [-0.2, -0.15) is 0 Å². The molecule has 1 nitrogen and oxygen atoms in total. The molecule has 0 radical (unpaired) electrons. The van der Waals surface area contributed by atoms with Gasteiger partial charge in [-0.1, -0.05) is 31.9 Å². The van der Waals surface area contributed by atoms with E-state index in [1.807, 2.05) is 18.2 Å². The third kappa shape index (κ3) is 2.28. The normalized spacial score (nSPS) is 13.0. The maximum absolute atomic E-state index is 12.2. The van der Waals surface area contributed by atoms with E-state index in [-0.39, 0.29) is 0 Å². The second-order valence-electron chi connectivity index (χ2n) is 2.43. The Labute approximate surface area is 87.4 Å². The number of hydrogen-bond donors (Lipinski definition) is 1. The molecule has 0 unspecified atom stereocenters. The number of halogens is 3. The van der Waals surface area contributed by atoms with Crippen molar-refractivity contribution in [1.82, 2.24) is 0 Å². The highest BCUT2D eigenvalue weighted by Gasteiger charge is 2.09. The van der Waals surface area contributed by atoms with Gasteiger partial charge in [-0.25, -0.2) is 4.39 Å². The first-order chi connectivity index (χ1) is 5.65. The van der Waals surface area contributed by atoms with Crippen molar-refractivity contribution >= 4 is 31.9 Å². The van der Waals surface area contributed by atoms with Crippen LogP contribution in [0.3, 0.4) is 0 Å². The van der Waals surface area contributed by atoms with E-state index in [1.165, 1.54) is 0 Å². The summed E-state index contributed by atoms with van der Waals surface area (Å²) in [4.78, 5) is 0. The monoisotopic (exact) mass is 295 g/mol. The van der Waals surface area contributed by atoms with Crippen molar-refractivity contribution in [3.63, 3.8) is 0 Å². The molecule has 4 heteroatoms. The minimum absolute atomic E-state index is 0.545. The van der Waals surface area contributed by atoms with Crippen LogP contribution in [0.1, 0.15) is 11.6 Å². The second kappa shape index (κ2) is 4.35. The summed E-state index contributed by atoms with van der Waals surface area (Å²) >= 11 is 6.60. The van der Waals surface area contributed by atoms with Crippen LogP contribution in [0.4, 0.5) is 4.39 Å². The molecule has 0 spiro atoms. The molecule has 1 aromatic rings. The summed E-state index contributed by atoms with van der Waals surface area (Å²) in [7, 11) is 0. The highest BCUT2D eigenvalue weighted by atomic mass is 79.9. The van der Waals surface area contributed by atoms with Crippen LogP contribution in [-0.4, -0.2) is 6.67 Å². The number of hydrogen-bond acceptors (Lipinski definition) is 1. The van der Waals surface area contributed by atoms with E-state index in [9.17, 15) is 4.39 Å². The fourth-order valence-corrected chi connectivity index (χ4v) is 1.80. The van der Waals surface area contributed by atoms with Crippen LogP contribution in [0, 0.1) is 0 Å². The molecular formula is C8H8Br2FN. The maximum Gasteiger partial charge on any atom is 0.109 e. The Morgan fingerprint density at radius 2 is 2.08 bits per heavy atom. The van der Waals surface area contributed by atoms with Crippen LogP contribution in [0.2, 0.25) is 0 Å². The molecule has 0 bridgehead atoms. The number of rotatable bonds is 2. The molecule has 0 aliphatic carbocycles. The van der Waals surface area contributed by atoms with Gasteiger partial charge in [-0.3, -0.25) is 0 Å². The Kier molecular flexibility index (Phi) is 3.68. The summed E-state index contributed by atoms with van der Waals surface area (Å²) < 4.78 is 14.0. The molecule has 12 heavy (non-hydrogen) atoms. The summed E-state index contributed by atoms with van der Waals surface area (Å²) in [5.74, 6) is 0. The van der Waals surface area contributed by atoms with Crippen LogP contribution >= 0.6 is 31.9 Å². The molecule has 0 aromatic heterocycles. The van der Waals surface area contributed by atoms with Crippen molar-refractivity contribution in [2.45, 2.75) is 6.04 Å². The van der Waals surface area contributed by atoms with Crippen molar-refractivity contribution in [2.75, 3.05) is 6.67 Å². The van der Waals surface area contributed by atoms with Crippen molar-refractivity contribution in [3.8, 4) is 0 Å². The van der Waals surface area contributed by atoms with Gasteiger partial charge in [0.15, 0.2) is 0 Å². The van der Waals surface area contributed by atoms with Gasteiger partial charge in [-0.05, 0) is 23.8 Å². The zero-order valence-corrected chi connectivity index (χ0v) is 9.40. The van der Waals surface area contributed by atoms with E-state index >= 15 is 0 Å². The smallest absolute Gasteiger partial charge is 0.109 e. The van der Waals surface area contributed by atoms with Crippen molar-refractivity contribution in [3.05, 3.63) is 32.7 Å². The molecule has 0 saturated heterocycles. The molecule has 66 valence electrons. The minimum Gasteiger partial charge on any atom is -0.322 e. The third-order valence-electron chi connectivity index (χ3n) is 1.52. The molecule has 0 saturated carbocycles. The Hall–Kier alpha value is 0.0700. The van der Waals surface area contributed by atoms with Gasteiger partial charge in [0.05, 0.1) is 6.04 Å². The molecule has 2 N–H and O–H groups in total. The zero-order valence-electron chi connectivity index (χ0n) is 6.23. The zero-order chi connectivity index (χ0) is 9.14. The van der Waals surface area contributed by atoms with Crippen LogP contribution in [0.15, 0.2) is 27.1 Å². The van der Waals surface area contributed by atoms with Crippen molar-refractivity contribution in [2.24, 2.45) is 5.73 Å². The number of benzene rings is 1. The average Bonchev–Trinajstić information content (AvgIpc) is 2.08. The summed E-state index contributed by atoms with van der Waals surface area (Å²) in [5.41, 5.74) is 6.32.